The van der Waals surface area contributed by atoms with Gasteiger partial charge < -0.3 is 23.5 Å². The molecular formula is C18H19NO5. The largest absolute Gasteiger partial charge is 0.495 e. The lowest BCUT2D eigenvalue weighted by molar-refractivity contribution is 0.327. The van der Waals surface area contributed by atoms with E-state index in [-0.39, 0.29) is 5.43 Å². The van der Waals surface area contributed by atoms with Gasteiger partial charge in [-0.2, -0.15) is 0 Å². The molecule has 6 heteroatoms. The second-order valence-electron chi connectivity index (χ2n) is 5.28. The average Bonchev–Trinajstić information content (AvgIpc) is 2.63. The fourth-order valence-electron chi connectivity index (χ4n) is 3.10. The zero-order chi connectivity index (χ0) is 17.4. The summed E-state index contributed by atoms with van der Waals surface area (Å²) in [7, 11) is 8.02. The molecule has 0 radical (unpaired) electrons. The predicted molar refractivity (Wildman–Crippen MR) is 92.9 cm³/mol. The maximum atomic E-state index is 13.1. The Kier molecular flexibility index (Phi) is 3.97. The molecule has 126 valence electrons. The lowest BCUT2D eigenvalue weighted by Crippen LogP contribution is -2.12. The van der Waals surface area contributed by atoms with Crippen LogP contribution in [-0.4, -0.2) is 33.0 Å². The molecule has 6 nitrogen and oxygen atoms in total. The molecule has 3 rings (SSSR count). The Bertz CT molecular complexity index is 991. The fraction of sp³-hybridized carbons (Fsp3) is 0.278. The Morgan fingerprint density at radius 2 is 1.54 bits per heavy atom. The first kappa shape index (κ1) is 16.0. The number of para-hydroxylation sites is 1. The highest BCUT2D eigenvalue weighted by Crippen LogP contribution is 2.43. The fourth-order valence-corrected chi connectivity index (χ4v) is 3.10. The summed E-state index contributed by atoms with van der Waals surface area (Å²) in [6.45, 7) is 0. The molecule has 0 atom stereocenters. The number of rotatable bonds is 4. The van der Waals surface area contributed by atoms with E-state index in [2.05, 4.69) is 0 Å². The molecule has 0 amide bonds. The lowest BCUT2D eigenvalue weighted by atomic mass is 10.1. The van der Waals surface area contributed by atoms with Crippen LogP contribution in [0.5, 0.6) is 23.0 Å². The van der Waals surface area contributed by atoms with Crippen molar-refractivity contribution in [3.63, 3.8) is 0 Å². The Labute approximate surface area is 139 Å². The SMILES string of the molecule is COc1cc2c(c(OC)c1OC)c(=O)c1cccc(OC)c1n2C. The number of benzene rings is 2. The van der Waals surface area contributed by atoms with Crippen molar-refractivity contribution in [2.24, 2.45) is 7.05 Å². The number of fused-ring (bicyclic) bond motifs is 2. The molecular weight excluding hydrogens is 310 g/mol. The van der Waals surface area contributed by atoms with Crippen LogP contribution in [0.25, 0.3) is 21.8 Å². The van der Waals surface area contributed by atoms with Crippen molar-refractivity contribution in [2.75, 3.05) is 28.4 Å². The summed E-state index contributed by atoms with van der Waals surface area (Å²) in [6.07, 6.45) is 0. The Hall–Kier alpha value is -2.89. The third kappa shape index (κ3) is 2.06. The molecule has 0 aliphatic rings. The molecule has 0 saturated heterocycles. The zero-order valence-corrected chi connectivity index (χ0v) is 14.3. The topological polar surface area (TPSA) is 58.9 Å². The number of methoxy groups -OCH3 is 4. The van der Waals surface area contributed by atoms with Crippen LogP contribution in [-0.2, 0) is 7.05 Å². The minimum Gasteiger partial charge on any atom is -0.495 e. The molecule has 0 unspecified atom stereocenters. The lowest BCUT2D eigenvalue weighted by Gasteiger charge is -2.18. The minimum atomic E-state index is -0.144. The normalized spacial score (nSPS) is 10.9. The Morgan fingerprint density at radius 3 is 2.12 bits per heavy atom. The molecule has 0 fully saturated rings. The van der Waals surface area contributed by atoms with E-state index < -0.39 is 0 Å². The summed E-state index contributed by atoms with van der Waals surface area (Å²) in [5.41, 5.74) is 1.24. The monoisotopic (exact) mass is 329 g/mol. The van der Waals surface area contributed by atoms with Crippen LogP contribution in [0.2, 0.25) is 0 Å². The van der Waals surface area contributed by atoms with Crippen molar-refractivity contribution in [1.29, 1.82) is 0 Å². The van der Waals surface area contributed by atoms with Gasteiger partial charge in [-0.15, -0.1) is 0 Å². The van der Waals surface area contributed by atoms with Crippen molar-refractivity contribution in [1.82, 2.24) is 4.57 Å². The summed E-state index contributed by atoms with van der Waals surface area (Å²) in [6, 6.07) is 7.16. The Balaban J connectivity index is 2.65. The smallest absolute Gasteiger partial charge is 0.204 e. The predicted octanol–water partition coefficient (Wildman–Crippen LogP) is 2.73. The Morgan fingerprint density at radius 1 is 0.875 bits per heavy atom. The number of hydrogen-bond donors (Lipinski definition) is 0. The first-order valence-electron chi connectivity index (χ1n) is 7.37. The van der Waals surface area contributed by atoms with Gasteiger partial charge in [0.2, 0.25) is 11.2 Å². The molecule has 0 N–H and O–H groups in total. The van der Waals surface area contributed by atoms with Crippen LogP contribution in [0, 0.1) is 0 Å². The third-order valence-corrected chi connectivity index (χ3v) is 4.20. The van der Waals surface area contributed by atoms with E-state index in [4.69, 9.17) is 18.9 Å². The van der Waals surface area contributed by atoms with Crippen molar-refractivity contribution in [2.45, 2.75) is 0 Å². The van der Waals surface area contributed by atoms with E-state index in [0.29, 0.717) is 44.8 Å². The minimum absolute atomic E-state index is 0.144. The van der Waals surface area contributed by atoms with Gasteiger partial charge in [0.1, 0.15) is 5.75 Å². The maximum absolute atomic E-state index is 13.1. The van der Waals surface area contributed by atoms with Crippen LogP contribution in [0.15, 0.2) is 29.1 Å². The molecule has 3 aromatic rings. The van der Waals surface area contributed by atoms with Crippen LogP contribution in [0.4, 0.5) is 0 Å². The molecule has 0 aliphatic carbocycles. The first-order chi connectivity index (χ1) is 11.6. The summed E-state index contributed by atoms with van der Waals surface area (Å²) in [4.78, 5) is 13.1. The van der Waals surface area contributed by atoms with Gasteiger partial charge in [0.05, 0.1) is 50.2 Å². The molecule has 0 spiro atoms. The average molecular weight is 329 g/mol. The third-order valence-electron chi connectivity index (χ3n) is 4.20. The van der Waals surface area contributed by atoms with Gasteiger partial charge in [0.25, 0.3) is 0 Å². The standard InChI is InChI=1S/C18H19NO5/c1-19-11-9-13(22-3)17(23-4)18(24-5)14(11)16(20)10-7-6-8-12(21-2)15(10)19/h6-9H,1-5H3. The quantitative estimate of drug-likeness (QED) is 0.689. The van der Waals surface area contributed by atoms with Gasteiger partial charge >= 0.3 is 0 Å². The summed E-state index contributed by atoms with van der Waals surface area (Å²) in [5.74, 6) is 1.87. The molecule has 0 bridgehead atoms. The van der Waals surface area contributed by atoms with Crippen molar-refractivity contribution >= 4 is 21.8 Å². The van der Waals surface area contributed by atoms with Crippen molar-refractivity contribution in [3.8, 4) is 23.0 Å². The van der Waals surface area contributed by atoms with Gasteiger partial charge in [-0.1, -0.05) is 6.07 Å². The van der Waals surface area contributed by atoms with Crippen LogP contribution >= 0.6 is 0 Å². The van der Waals surface area contributed by atoms with Gasteiger partial charge in [0.15, 0.2) is 11.5 Å². The van der Waals surface area contributed by atoms with E-state index >= 15 is 0 Å². The van der Waals surface area contributed by atoms with E-state index in [9.17, 15) is 4.79 Å². The summed E-state index contributed by atoms with van der Waals surface area (Å²) < 4.78 is 23.6. The molecule has 1 heterocycles. The highest BCUT2D eigenvalue weighted by Gasteiger charge is 2.22. The summed E-state index contributed by atoms with van der Waals surface area (Å²) in [5, 5.41) is 0.994. The van der Waals surface area contributed by atoms with E-state index in [1.54, 1.807) is 32.4 Å². The number of nitrogens with zero attached hydrogens (tertiary/aromatic N) is 1. The van der Waals surface area contributed by atoms with E-state index in [1.165, 1.54) is 14.2 Å². The van der Waals surface area contributed by atoms with Crippen molar-refractivity contribution < 1.29 is 18.9 Å². The van der Waals surface area contributed by atoms with Gasteiger partial charge in [0, 0.05) is 13.1 Å². The second-order valence-corrected chi connectivity index (χ2v) is 5.28. The molecule has 0 saturated carbocycles. The molecule has 2 aromatic carbocycles. The van der Waals surface area contributed by atoms with Gasteiger partial charge in [-0.05, 0) is 12.1 Å². The molecule has 1 aromatic heterocycles. The van der Waals surface area contributed by atoms with E-state index in [1.807, 2.05) is 17.7 Å². The first-order valence-corrected chi connectivity index (χ1v) is 7.37. The number of aromatic nitrogens is 1. The van der Waals surface area contributed by atoms with Crippen LogP contribution in [0.1, 0.15) is 0 Å². The molecule has 24 heavy (non-hydrogen) atoms. The molecule has 0 aliphatic heterocycles. The second kappa shape index (κ2) is 5.96. The number of aryl methyl sites for hydroxylation is 1. The zero-order valence-electron chi connectivity index (χ0n) is 14.3. The van der Waals surface area contributed by atoms with Gasteiger partial charge in [-0.25, -0.2) is 0 Å². The summed E-state index contributed by atoms with van der Waals surface area (Å²) >= 11 is 0. The highest BCUT2D eigenvalue weighted by molar-refractivity contribution is 6.00. The van der Waals surface area contributed by atoms with E-state index in [0.717, 1.165) is 0 Å². The highest BCUT2D eigenvalue weighted by atomic mass is 16.5. The maximum Gasteiger partial charge on any atom is 0.204 e. The van der Waals surface area contributed by atoms with Crippen LogP contribution in [0.3, 0.4) is 0 Å². The number of hydrogen-bond acceptors (Lipinski definition) is 5. The number of pyridine rings is 1. The van der Waals surface area contributed by atoms with Gasteiger partial charge in [-0.3, -0.25) is 4.79 Å². The van der Waals surface area contributed by atoms with Crippen LogP contribution < -0.4 is 24.4 Å². The van der Waals surface area contributed by atoms with Crippen molar-refractivity contribution in [3.05, 3.63) is 34.5 Å². The number of ether oxygens (including phenoxy) is 4.